The lowest BCUT2D eigenvalue weighted by Gasteiger charge is -2.12. The topological polar surface area (TPSA) is 55.0 Å². The van der Waals surface area contributed by atoms with Crippen LogP contribution in [0.25, 0.3) is 22.3 Å². The molecule has 0 saturated carbocycles. The van der Waals surface area contributed by atoms with Crippen molar-refractivity contribution in [1.29, 1.82) is 0 Å². The highest BCUT2D eigenvalue weighted by atomic mass is 35.5. The summed E-state index contributed by atoms with van der Waals surface area (Å²) in [6, 6.07) is 18.3. The molecule has 0 amide bonds. The Kier molecular flexibility index (Phi) is 4.60. The highest BCUT2D eigenvalue weighted by Gasteiger charge is 2.12. The van der Waals surface area contributed by atoms with Crippen LogP contribution in [0.1, 0.15) is 5.56 Å². The lowest BCUT2D eigenvalue weighted by molar-refractivity contribution is 0.306. The summed E-state index contributed by atoms with van der Waals surface area (Å²) in [4.78, 5) is 19.6. The van der Waals surface area contributed by atoms with Crippen LogP contribution in [0.5, 0.6) is 5.75 Å². The van der Waals surface area contributed by atoms with Gasteiger partial charge < -0.3 is 9.72 Å². The van der Waals surface area contributed by atoms with Gasteiger partial charge in [0.25, 0.3) is 5.56 Å². The van der Waals surface area contributed by atoms with Gasteiger partial charge in [0.05, 0.1) is 16.5 Å². The number of fused-ring (bicyclic) bond motifs is 1. The third-order valence-electron chi connectivity index (χ3n) is 4.12. The van der Waals surface area contributed by atoms with Gasteiger partial charge >= 0.3 is 0 Å². The monoisotopic (exact) mass is 380 g/mol. The minimum atomic E-state index is -0.437. The van der Waals surface area contributed by atoms with Gasteiger partial charge in [-0.05, 0) is 42.0 Å². The second kappa shape index (κ2) is 7.21. The quantitative estimate of drug-likeness (QED) is 0.544. The molecule has 0 bridgehead atoms. The minimum absolute atomic E-state index is 0.228. The van der Waals surface area contributed by atoms with Crippen LogP contribution in [-0.4, -0.2) is 9.97 Å². The predicted octanol–water partition coefficient (Wildman–Crippen LogP) is 4.96. The summed E-state index contributed by atoms with van der Waals surface area (Å²) in [6.07, 6.45) is 0. The van der Waals surface area contributed by atoms with Crippen LogP contribution in [-0.2, 0) is 6.61 Å². The zero-order chi connectivity index (χ0) is 18.8. The van der Waals surface area contributed by atoms with Gasteiger partial charge in [0.2, 0.25) is 0 Å². The number of halogens is 2. The first-order chi connectivity index (χ1) is 13.1. The van der Waals surface area contributed by atoms with E-state index >= 15 is 0 Å². The molecule has 0 aliphatic carbocycles. The summed E-state index contributed by atoms with van der Waals surface area (Å²) in [5, 5.41) is 1.12. The summed E-state index contributed by atoms with van der Waals surface area (Å²) in [6.45, 7) is 0.228. The van der Waals surface area contributed by atoms with Crippen molar-refractivity contribution >= 4 is 22.5 Å². The Labute approximate surface area is 159 Å². The van der Waals surface area contributed by atoms with E-state index in [0.29, 0.717) is 33.1 Å². The second-order valence-corrected chi connectivity index (χ2v) is 6.42. The van der Waals surface area contributed by atoms with E-state index in [1.165, 1.54) is 12.1 Å². The van der Waals surface area contributed by atoms with Crippen molar-refractivity contribution in [3.05, 3.63) is 93.5 Å². The fourth-order valence-electron chi connectivity index (χ4n) is 2.77. The molecule has 4 nitrogen and oxygen atoms in total. The number of ether oxygens (including phenoxy) is 1. The molecule has 0 radical (unpaired) electrons. The molecule has 4 rings (SSSR count). The average molecular weight is 381 g/mol. The molecule has 0 unspecified atom stereocenters. The molecule has 0 saturated heterocycles. The second-order valence-electron chi connectivity index (χ2n) is 5.99. The smallest absolute Gasteiger partial charge is 0.259 e. The van der Waals surface area contributed by atoms with Gasteiger partial charge in [0.15, 0.2) is 0 Å². The molecule has 134 valence electrons. The van der Waals surface area contributed by atoms with E-state index in [4.69, 9.17) is 16.3 Å². The van der Waals surface area contributed by atoms with Crippen molar-refractivity contribution < 1.29 is 9.13 Å². The maximum absolute atomic E-state index is 13.8. The maximum atomic E-state index is 13.8. The number of hydrogen-bond acceptors (Lipinski definition) is 3. The van der Waals surface area contributed by atoms with Gasteiger partial charge in [-0.15, -0.1) is 0 Å². The van der Waals surface area contributed by atoms with Gasteiger partial charge in [-0.3, -0.25) is 4.79 Å². The normalized spacial score (nSPS) is 10.9. The molecule has 3 aromatic carbocycles. The first-order valence-corrected chi connectivity index (χ1v) is 8.64. The minimum Gasteiger partial charge on any atom is -0.488 e. The van der Waals surface area contributed by atoms with E-state index in [2.05, 4.69) is 9.97 Å². The van der Waals surface area contributed by atoms with E-state index in [1.54, 1.807) is 42.5 Å². The number of rotatable bonds is 4. The van der Waals surface area contributed by atoms with Crippen molar-refractivity contribution in [2.75, 3.05) is 0 Å². The van der Waals surface area contributed by atoms with Crippen molar-refractivity contribution in [1.82, 2.24) is 9.97 Å². The SMILES string of the molecule is O=c1[nH]c(-c2ccc(F)cc2OCc2ccc(Cl)cc2)nc2ccccc12. The van der Waals surface area contributed by atoms with E-state index in [1.807, 2.05) is 12.1 Å². The Bertz CT molecular complexity index is 1170. The first-order valence-electron chi connectivity index (χ1n) is 8.26. The fraction of sp³-hybridized carbons (Fsp3) is 0.0476. The van der Waals surface area contributed by atoms with Crippen LogP contribution in [0, 0.1) is 5.82 Å². The molecule has 6 heteroatoms. The Morgan fingerprint density at radius 3 is 2.63 bits per heavy atom. The molecule has 4 aromatic rings. The van der Waals surface area contributed by atoms with Crippen molar-refractivity contribution in [3.8, 4) is 17.1 Å². The summed E-state index contributed by atoms with van der Waals surface area (Å²) < 4.78 is 19.6. The van der Waals surface area contributed by atoms with Crippen LogP contribution < -0.4 is 10.3 Å². The number of para-hydroxylation sites is 1. The molecule has 0 aliphatic rings. The van der Waals surface area contributed by atoms with E-state index in [9.17, 15) is 9.18 Å². The van der Waals surface area contributed by atoms with Gasteiger partial charge in [-0.25, -0.2) is 9.37 Å². The molecule has 0 spiro atoms. The Morgan fingerprint density at radius 1 is 1.04 bits per heavy atom. The van der Waals surface area contributed by atoms with Crippen LogP contribution in [0.4, 0.5) is 4.39 Å². The number of hydrogen-bond donors (Lipinski definition) is 1. The standard InChI is InChI=1S/C21H14ClFN2O2/c22-14-7-5-13(6-8-14)12-27-19-11-15(23)9-10-17(19)20-24-18-4-2-1-3-16(18)21(26)25-20/h1-11H,12H2,(H,24,25,26). The highest BCUT2D eigenvalue weighted by molar-refractivity contribution is 6.30. The van der Waals surface area contributed by atoms with Crippen molar-refractivity contribution in [2.45, 2.75) is 6.61 Å². The Balaban J connectivity index is 1.73. The summed E-state index contributed by atoms with van der Waals surface area (Å²) in [5.74, 6) is 0.182. The van der Waals surface area contributed by atoms with Crippen LogP contribution in [0.2, 0.25) is 5.02 Å². The van der Waals surface area contributed by atoms with Gasteiger partial charge in [-0.2, -0.15) is 0 Å². The lowest BCUT2D eigenvalue weighted by atomic mass is 10.1. The fourth-order valence-corrected chi connectivity index (χ4v) is 2.89. The lowest BCUT2D eigenvalue weighted by Crippen LogP contribution is -2.10. The summed E-state index contributed by atoms with van der Waals surface area (Å²) in [7, 11) is 0. The molecule has 27 heavy (non-hydrogen) atoms. The molecule has 0 aliphatic heterocycles. The van der Waals surface area contributed by atoms with Crippen molar-refractivity contribution in [3.63, 3.8) is 0 Å². The number of nitrogens with one attached hydrogen (secondary N) is 1. The Hall–Kier alpha value is -3.18. The zero-order valence-electron chi connectivity index (χ0n) is 14.1. The molecule has 0 fully saturated rings. The zero-order valence-corrected chi connectivity index (χ0v) is 14.8. The first kappa shape index (κ1) is 17.2. The maximum Gasteiger partial charge on any atom is 0.259 e. The van der Waals surface area contributed by atoms with E-state index < -0.39 is 5.82 Å². The number of nitrogens with zero attached hydrogens (tertiary/aromatic N) is 1. The molecule has 1 heterocycles. The van der Waals surface area contributed by atoms with Gasteiger partial charge in [-0.1, -0.05) is 35.9 Å². The van der Waals surface area contributed by atoms with E-state index in [0.717, 1.165) is 5.56 Å². The largest absolute Gasteiger partial charge is 0.488 e. The van der Waals surface area contributed by atoms with Gasteiger partial charge in [0.1, 0.15) is 24.0 Å². The summed E-state index contributed by atoms with van der Waals surface area (Å²) >= 11 is 5.89. The highest BCUT2D eigenvalue weighted by Crippen LogP contribution is 2.29. The van der Waals surface area contributed by atoms with Gasteiger partial charge in [0, 0.05) is 11.1 Å². The molecule has 1 aromatic heterocycles. The third-order valence-corrected chi connectivity index (χ3v) is 4.37. The van der Waals surface area contributed by atoms with Crippen LogP contribution >= 0.6 is 11.6 Å². The number of aromatic amines is 1. The van der Waals surface area contributed by atoms with Crippen molar-refractivity contribution in [2.24, 2.45) is 0 Å². The predicted molar refractivity (Wildman–Crippen MR) is 104 cm³/mol. The number of benzene rings is 3. The van der Waals surface area contributed by atoms with E-state index in [-0.39, 0.29) is 12.2 Å². The molecular weight excluding hydrogens is 367 g/mol. The third kappa shape index (κ3) is 3.68. The number of aromatic nitrogens is 2. The molecule has 1 N–H and O–H groups in total. The molecule has 0 atom stereocenters. The number of H-pyrrole nitrogens is 1. The van der Waals surface area contributed by atoms with Crippen LogP contribution in [0.15, 0.2) is 71.5 Å². The Morgan fingerprint density at radius 2 is 1.81 bits per heavy atom. The van der Waals surface area contributed by atoms with Crippen LogP contribution in [0.3, 0.4) is 0 Å². The average Bonchev–Trinajstić information content (AvgIpc) is 2.67. The molecular formula is C21H14ClFN2O2. The summed E-state index contributed by atoms with van der Waals surface area (Å²) in [5.41, 5.74) is 1.69.